The molecule has 0 aliphatic heterocycles. The fourth-order valence-corrected chi connectivity index (χ4v) is 8.56. The zero-order valence-corrected chi connectivity index (χ0v) is 31.4. The quantitative estimate of drug-likeness (QED) is 0.157. The van der Waals surface area contributed by atoms with Gasteiger partial charge in [0.15, 0.2) is 0 Å². The lowest BCUT2D eigenvalue weighted by atomic mass is 9.85. The van der Waals surface area contributed by atoms with E-state index < -0.39 is 0 Å². The summed E-state index contributed by atoms with van der Waals surface area (Å²) in [6.45, 7) is 6.88. The molecule has 262 valence electrons. The van der Waals surface area contributed by atoms with Crippen LogP contribution < -0.4 is 0 Å². The molecule has 0 aliphatic carbocycles. The van der Waals surface area contributed by atoms with Crippen LogP contribution >= 0.6 is 0 Å². The summed E-state index contributed by atoms with van der Waals surface area (Å²) in [5, 5.41) is 7.63. The zero-order chi connectivity index (χ0) is 37.1. The molecular formula is C54H41N. The minimum Gasteiger partial charge on any atom is -0.309 e. The van der Waals surface area contributed by atoms with E-state index in [2.05, 4.69) is 219 Å². The highest BCUT2D eigenvalue weighted by atomic mass is 15.0. The molecule has 0 spiro atoms. The normalized spacial score (nSPS) is 11.9. The van der Waals surface area contributed by atoms with Gasteiger partial charge in [-0.05, 0) is 113 Å². The number of hydrogen-bond acceptors (Lipinski definition) is 0. The zero-order valence-electron chi connectivity index (χ0n) is 31.4. The fraction of sp³-hybridized carbons (Fsp3) is 0.0741. The first kappa shape index (κ1) is 32.9. The molecule has 0 atom stereocenters. The van der Waals surface area contributed by atoms with Gasteiger partial charge in [0, 0.05) is 16.5 Å². The Bertz CT molecular complexity index is 2960. The second kappa shape index (κ2) is 13.0. The molecule has 0 N–H and O–H groups in total. The molecule has 10 aromatic rings. The summed E-state index contributed by atoms with van der Waals surface area (Å²) in [5.41, 5.74) is 14.9. The lowest BCUT2D eigenvalue weighted by Crippen LogP contribution is -2.10. The number of fused-ring (bicyclic) bond motifs is 5. The summed E-state index contributed by atoms with van der Waals surface area (Å²) in [7, 11) is 0. The third-order valence-electron chi connectivity index (χ3n) is 11.4. The maximum Gasteiger partial charge on any atom is 0.0541 e. The van der Waals surface area contributed by atoms with E-state index in [-0.39, 0.29) is 5.41 Å². The Hall–Kier alpha value is -6.70. The number of rotatable bonds is 5. The molecule has 0 unspecified atom stereocenters. The molecule has 0 amide bonds. The van der Waals surface area contributed by atoms with E-state index in [1.54, 1.807) is 0 Å². The largest absolute Gasteiger partial charge is 0.309 e. The smallest absolute Gasteiger partial charge is 0.0541 e. The van der Waals surface area contributed by atoms with Gasteiger partial charge in [-0.1, -0.05) is 178 Å². The predicted molar refractivity (Wildman–Crippen MR) is 236 cm³/mol. The van der Waals surface area contributed by atoms with Crippen molar-refractivity contribution in [2.45, 2.75) is 26.2 Å². The van der Waals surface area contributed by atoms with Gasteiger partial charge in [-0.3, -0.25) is 0 Å². The van der Waals surface area contributed by atoms with E-state index in [9.17, 15) is 0 Å². The molecule has 1 heteroatoms. The number of hydrogen-bond donors (Lipinski definition) is 0. The number of para-hydroxylation sites is 1. The second-order valence-electron chi connectivity index (χ2n) is 15.7. The van der Waals surface area contributed by atoms with Gasteiger partial charge in [-0.2, -0.15) is 0 Å². The standard InChI is InChI=1S/C54H41N/c1-54(2,3)42-31-33-51-49(35-42)48-34-41(30-32-50(48)55(51)43-16-8-5-9-17-43)38-24-28-40(29-25-38)53-46-20-12-10-18-44(46)52(45-19-11-13-21-47(45)53)39-26-22-37(23-27-39)36-14-6-4-7-15-36/h4-35H,1-3H3. The van der Waals surface area contributed by atoms with E-state index in [1.807, 2.05) is 0 Å². The molecule has 0 fully saturated rings. The highest BCUT2D eigenvalue weighted by molar-refractivity contribution is 6.21. The van der Waals surface area contributed by atoms with Crippen LogP contribution in [0.2, 0.25) is 0 Å². The van der Waals surface area contributed by atoms with E-state index in [0.29, 0.717) is 0 Å². The van der Waals surface area contributed by atoms with Crippen LogP contribution in [0, 0.1) is 0 Å². The van der Waals surface area contributed by atoms with Crippen LogP contribution in [0.5, 0.6) is 0 Å². The van der Waals surface area contributed by atoms with Gasteiger partial charge in [-0.15, -0.1) is 0 Å². The second-order valence-corrected chi connectivity index (χ2v) is 15.7. The highest BCUT2D eigenvalue weighted by Gasteiger charge is 2.20. The molecule has 9 aromatic carbocycles. The maximum atomic E-state index is 2.40. The van der Waals surface area contributed by atoms with E-state index in [1.165, 1.54) is 99.1 Å². The molecule has 0 bridgehead atoms. The van der Waals surface area contributed by atoms with Crippen LogP contribution in [-0.2, 0) is 5.41 Å². The van der Waals surface area contributed by atoms with Crippen LogP contribution in [0.1, 0.15) is 26.3 Å². The first-order chi connectivity index (χ1) is 26.9. The maximum absolute atomic E-state index is 2.40. The summed E-state index contributed by atoms with van der Waals surface area (Å²) in [6, 6.07) is 71.4. The average Bonchev–Trinajstić information content (AvgIpc) is 3.56. The summed E-state index contributed by atoms with van der Waals surface area (Å²) < 4.78 is 2.40. The fourth-order valence-electron chi connectivity index (χ4n) is 8.56. The summed E-state index contributed by atoms with van der Waals surface area (Å²) >= 11 is 0. The molecule has 1 aromatic heterocycles. The highest BCUT2D eigenvalue weighted by Crippen LogP contribution is 2.44. The van der Waals surface area contributed by atoms with Crippen molar-refractivity contribution >= 4 is 43.4 Å². The van der Waals surface area contributed by atoms with Crippen LogP contribution in [0.4, 0.5) is 0 Å². The Morgan fingerprint density at radius 3 is 1.20 bits per heavy atom. The molecule has 1 nitrogen and oxygen atoms in total. The predicted octanol–water partition coefficient (Wildman–Crippen LogP) is 15.1. The van der Waals surface area contributed by atoms with E-state index >= 15 is 0 Å². The van der Waals surface area contributed by atoms with Crippen molar-refractivity contribution < 1.29 is 0 Å². The van der Waals surface area contributed by atoms with Crippen molar-refractivity contribution in [3.63, 3.8) is 0 Å². The first-order valence-corrected chi connectivity index (χ1v) is 19.3. The van der Waals surface area contributed by atoms with Gasteiger partial charge in [0.2, 0.25) is 0 Å². The molecule has 0 aliphatic rings. The van der Waals surface area contributed by atoms with Crippen LogP contribution in [0.15, 0.2) is 194 Å². The van der Waals surface area contributed by atoms with Gasteiger partial charge in [-0.25, -0.2) is 0 Å². The molecule has 10 rings (SSSR count). The van der Waals surface area contributed by atoms with Crippen molar-refractivity contribution in [3.8, 4) is 50.2 Å². The van der Waals surface area contributed by atoms with E-state index in [0.717, 1.165) is 0 Å². The van der Waals surface area contributed by atoms with Crippen LogP contribution in [0.3, 0.4) is 0 Å². The Balaban J connectivity index is 1.10. The lowest BCUT2D eigenvalue weighted by Gasteiger charge is -2.19. The average molecular weight is 704 g/mol. The molecule has 1 heterocycles. The van der Waals surface area contributed by atoms with Gasteiger partial charge in [0.1, 0.15) is 0 Å². The first-order valence-electron chi connectivity index (χ1n) is 19.3. The molecular weight excluding hydrogens is 663 g/mol. The van der Waals surface area contributed by atoms with Gasteiger partial charge in [0.25, 0.3) is 0 Å². The van der Waals surface area contributed by atoms with Crippen molar-refractivity contribution in [2.75, 3.05) is 0 Å². The molecule has 0 radical (unpaired) electrons. The Kier molecular flexibility index (Phi) is 7.78. The van der Waals surface area contributed by atoms with Crippen molar-refractivity contribution in [1.82, 2.24) is 4.57 Å². The Morgan fingerprint density at radius 1 is 0.309 bits per heavy atom. The Labute approximate surface area is 322 Å². The monoisotopic (exact) mass is 703 g/mol. The van der Waals surface area contributed by atoms with Gasteiger partial charge in [0.05, 0.1) is 11.0 Å². The van der Waals surface area contributed by atoms with Gasteiger partial charge >= 0.3 is 0 Å². The van der Waals surface area contributed by atoms with Gasteiger partial charge < -0.3 is 4.57 Å². The minimum atomic E-state index is 0.0579. The third-order valence-corrected chi connectivity index (χ3v) is 11.4. The number of nitrogens with zero attached hydrogens (tertiary/aromatic N) is 1. The summed E-state index contributed by atoms with van der Waals surface area (Å²) in [6.07, 6.45) is 0. The molecule has 0 saturated heterocycles. The number of benzene rings is 9. The Morgan fingerprint density at radius 2 is 0.691 bits per heavy atom. The van der Waals surface area contributed by atoms with Crippen LogP contribution in [0.25, 0.3) is 93.5 Å². The van der Waals surface area contributed by atoms with Crippen molar-refractivity contribution in [2.24, 2.45) is 0 Å². The minimum absolute atomic E-state index is 0.0579. The number of aromatic nitrogens is 1. The summed E-state index contributed by atoms with van der Waals surface area (Å²) in [5.74, 6) is 0. The third kappa shape index (κ3) is 5.63. The van der Waals surface area contributed by atoms with Crippen molar-refractivity contribution in [1.29, 1.82) is 0 Å². The van der Waals surface area contributed by atoms with Crippen molar-refractivity contribution in [3.05, 3.63) is 200 Å². The topological polar surface area (TPSA) is 4.93 Å². The molecule has 55 heavy (non-hydrogen) atoms. The summed E-state index contributed by atoms with van der Waals surface area (Å²) in [4.78, 5) is 0. The molecule has 0 saturated carbocycles. The van der Waals surface area contributed by atoms with E-state index in [4.69, 9.17) is 0 Å². The van der Waals surface area contributed by atoms with Crippen LogP contribution in [-0.4, -0.2) is 4.57 Å². The lowest BCUT2D eigenvalue weighted by molar-refractivity contribution is 0.591. The SMILES string of the molecule is CC(C)(C)c1ccc2c(c1)c1cc(-c3ccc(-c4c5ccccc5c(-c5ccc(-c6ccccc6)cc5)c5ccccc45)cc3)ccc1n2-c1ccccc1.